The molecule has 1 amide bonds. The fourth-order valence-electron chi connectivity index (χ4n) is 2.15. The number of amides is 1. The molecule has 2 rings (SSSR count). The van der Waals surface area contributed by atoms with Crippen LogP contribution in [-0.2, 0) is 25.6 Å². The minimum absolute atomic E-state index is 0.0210. The molecular formula is C15H16F3NO5S. The third-order valence-electron chi connectivity index (χ3n) is 3.45. The van der Waals surface area contributed by atoms with Crippen LogP contribution >= 0.6 is 0 Å². The lowest BCUT2D eigenvalue weighted by Gasteiger charge is -2.29. The van der Waals surface area contributed by atoms with Gasteiger partial charge in [-0.2, -0.15) is 21.6 Å². The summed E-state index contributed by atoms with van der Waals surface area (Å²) in [5, 5.41) is 0. The molecule has 1 aromatic rings. The number of ether oxygens (including phenoxy) is 1. The van der Waals surface area contributed by atoms with Gasteiger partial charge in [-0.05, 0) is 11.6 Å². The third kappa shape index (κ3) is 4.88. The molecule has 0 bridgehead atoms. The highest BCUT2D eigenvalue weighted by molar-refractivity contribution is 7.87. The predicted molar refractivity (Wildman–Crippen MR) is 81.5 cm³/mol. The van der Waals surface area contributed by atoms with Crippen molar-refractivity contribution in [3.05, 3.63) is 47.7 Å². The van der Waals surface area contributed by atoms with E-state index in [0.29, 0.717) is 0 Å². The van der Waals surface area contributed by atoms with Crippen LogP contribution in [0.5, 0.6) is 0 Å². The topological polar surface area (TPSA) is 72.9 Å². The van der Waals surface area contributed by atoms with E-state index in [2.05, 4.69) is 4.18 Å². The maximum atomic E-state index is 12.4. The van der Waals surface area contributed by atoms with Crippen LogP contribution in [0.3, 0.4) is 0 Å². The fourth-order valence-corrected chi connectivity index (χ4v) is 2.73. The van der Waals surface area contributed by atoms with Crippen LogP contribution in [0.2, 0.25) is 0 Å². The molecule has 1 heterocycles. The summed E-state index contributed by atoms with van der Waals surface area (Å²) in [4.78, 5) is 13.3. The molecule has 0 aliphatic carbocycles. The van der Waals surface area contributed by atoms with Gasteiger partial charge >= 0.3 is 21.7 Å². The molecule has 0 radical (unpaired) electrons. The minimum Gasteiger partial charge on any atom is -0.445 e. The zero-order valence-electron chi connectivity index (χ0n) is 13.2. The molecule has 0 aromatic heterocycles. The Bertz CT molecular complexity index is 746. The van der Waals surface area contributed by atoms with Crippen LogP contribution in [0.1, 0.15) is 12.5 Å². The molecular weight excluding hydrogens is 363 g/mol. The maximum Gasteiger partial charge on any atom is 0.534 e. The molecule has 1 aromatic carbocycles. The maximum absolute atomic E-state index is 12.4. The van der Waals surface area contributed by atoms with Gasteiger partial charge in [0.05, 0.1) is 0 Å². The van der Waals surface area contributed by atoms with Crippen molar-refractivity contribution in [1.82, 2.24) is 4.90 Å². The molecule has 6 nitrogen and oxygen atoms in total. The van der Waals surface area contributed by atoms with Gasteiger partial charge in [-0.1, -0.05) is 37.3 Å². The molecule has 0 saturated carbocycles. The minimum atomic E-state index is -5.72. The molecule has 138 valence electrons. The van der Waals surface area contributed by atoms with Crippen molar-refractivity contribution in [2.75, 3.05) is 13.1 Å². The summed E-state index contributed by atoms with van der Waals surface area (Å²) in [6.45, 7) is 1.38. The summed E-state index contributed by atoms with van der Waals surface area (Å²) in [7, 11) is -5.72. The molecule has 1 aliphatic rings. The molecule has 0 fully saturated rings. The van der Waals surface area contributed by atoms with Crippen LogP contribution in [0.25, 0.3) is 0 Å². The van der Waals surface area contributed by atoms with E-state index in [1.807, 2.05) is 6.07 Å². The van der Waals surface area contributed by atoms with E-state index >= 15 is 0 Å². The Kier molecular flexibility index (Phi) is 5.61. The lowest BCUT2D eigenvalue weighted by Crippen LogP contribution is -2.40. The van der Waals surface area contributed by atoms with Crippen molar-refractivity contribution < 1.29 is 35.3 Å². The van der Waals surface area contributed by atoms with Gasteiger partial charge in [0.25, 0.3) is 0 Å². The molecule has 0 N–H and O–H groups in total. The van der Waals surface area contributed by atoms with E-state index < -0.39 is 27.6 Å². The smallest absolute Gasteiger partial charge is 0.445 e. The Labute approximate surface area is 142 Å². The van der Waals surface area contributed by atoms with E-state index in [1.54, 1.807) is 24.3 Å². The Hall–Kier alpha value is -2.23. The molecule has 10 heteroatoms. The van der Waals surface area contributed by atoms with Gasteiger partial charge in [-0.25, -0.2) is 4.79 Å². The average Bonchev–Trinajstić information content (AvgIpc) is 2.54. The summed E-state index contributed by atoms with van der Waals surface area (Å²) >= 11 is 0. The lowest BCUT2D eigenvalue weighted by atomic mass is 10.1. The first-order valence-corrected chi connectivity index (χ1v) is 8.67. The predicted octanol–water partition coefficient (Wildman–Crippen LogP) is 3.03. The van der Waals surface area contributed by atoms with Gasteiger partial charge in [0.15, 0.2) is 0 Å². The van der Waals surface area contributed by atoms with Gasteiger partial charge in [0, 0.05) is 19.0 Å². The Morgan fingerprint density at radius 3 is 2.48 bits per heavy atom. The number of rotatable bonds is 4. The normalized spacial score (nSPS) is 18.5. The fraction of sp³-hybridized carbons (Fsp3) is 0.400. The number of carbonyl (C=O) groups is 1. The number of benzene rings is 1. The molecule has 1 aliphatic heterocycles. The van der Waals surface area contributed by atoms with Crippen molar-refractivity contribution in [2.24, 2.45) is 5.92 Å². The van der Waals surface area contributed by atoms with Crippen molar-refractivity contribution in [3.63, 3.8) is 0 Å². The summed E-state index contributed by atoms with van der Waals surface area (Å²) in [5.41, 5.74) is -4.71. The van der Waals surface area contributed by atoms with E-state index in [-0.39, 0.29) is 25.5 Å². The second-order valence-electron chi connectivity index (χ2n) is 5.44. The van der Waals surface area contributed by atoms with Gasteiger partial charge in [-0.3, -0.25) is 0 Å². The summed E-state index contributed by atoms with van der Waals surface area (Å²) in [6.07, 6.45) is 0.478. The monoisotopic (exact) mass is 379 g/mol. The van der Waals surface area contributed by atoms with E-state index in [9.17, 15) is 26.4 Å². The zero-order chi connectivity index (χ0) is 18.7. The van der Waals surface area contributed by atoms with Gasteiger partial charge in [0.1, 0.15) is 12.4 Å². The van der Waals surface area contributed by atoms with Gasteiger partial charge in [0.2, 0.25) is 0 Å². The second-order valence-corrected chi connectivity index (χ2v) is 6.97. The number of alkyl halides is 3. The highest BCUT2D eigenvalue weighted by Gasteiger charge is 2.49. The van der Waals surface area contributed by atoms with Crippen molar-refractivity contribution >= 4 is 16.2 Å². The number of hydrogen-bond acceptors (Lipinski definition) is 5. The van der Waals surface area contributed by atoms with Crippen LogP contribution < -0.4 is 0 Å². The molecule has 25 heavy (non-hydrogen) atoms. The van der Waals surface area contributed by atoms with Crippen molar-refractivity contribution in [3.8, 4) is 0 Å². The summed E-state index contributed by atoms with van der Waals surface area (Å²) < 4.78 is 68.4. The number of nitrogens with zero attached hydrogens (tertiary/aromatic N) is 1. The first kappa shape index (κ1) is 19.1. The summed E-state index contributed by atoms with van der Waals surface area (Å²) in [5.74, 6) is -1.07. The second kappa shape index (κ2) is 7.34. The van der Waals surface area contributed by atoms with E-state index in [0.717, 1.165) is 11.6 Å². The molecule has 1 atom stereocenters. The zero-order valence-corrected chi connectivity index (χ0v) is 14.0. The van der Waals surface area contributed by atoms with Crippen molar-refractivity contribution in [1.29, 1.82) is 0 Å². The highest BCUT2D eigenvalue weighted by Crippen LogP contribution is 2.30. The van der Waals surface area contributed by atoms with E-state index in [1.165, 1.54) is 11.8 Å². The van der Waals surface area contributed by atoms with Crippen LogP contribution in [-0.4, -0.2) is 38.0 Å². The molecule has 1 unspecified atom stereocenters. The average molecular weight is 379 g/mol. The van der Waals surface area contributed by atoms with E-state index in [4.69, 9.17) is 4.74 Å². The summed E-state index contributed by atoms with van der Waals surface area (Å²) in [6, 6.07) is 8.96. The number of carbonyl (C=O) groups excluding carboxylic acids is 1. The van der Waals surface area contributed by atoms with Crippen LogP contribution in [0, 0.1) is 5.92 Å². The Morgan fingerprint density at radius 1 is 1.28 bits per heavy atom. The largest absolute Gasteiger partial charge is 0.534 e. The standard InChI is InChI=1S/C15H16F3NO5S/c1-11-9-19(14(20)23-10-12-5-3-2-4-6-12)8-7-13(11)24-25(21,22)15(16,17)18/h2-7,11H,8-10H2,1H3. The molecule has 0 saturated heterocycles. The highest BCUT2D eigenvalue weighted by atomic mass is 32.2. The number of halogens is 3. The Morgan fingerprint density at radius 2 is 1.92 bits per heavy atom. The number of hydrogen-bond donors (Lipinski definition) is 0. The van der Waals surface area contributed by atoms with Crippen LogP contribution in [0.15, 0.2) is 42.2 Å². The molecule has 0 spiro atoms. The first-order valence-electron chi connectivity index (χ1n) is 7.26. The van der Waals surface area contributed by atoms with Crippen molar-refractivity contribution in [2.45, 2.75) is 19.0 Å². The van der Waals surface area contributed by atoms with Gasteiger partial charge < -0.3 is 13.8 Å². The third-order valence-corrected chi connectivity index (χ3v) is 4.42. The first-order chi connectivity index (χ1) is 11.6. The Balaban J connectivity index is 1.95. The van der Waals surface area contributed by atoms with Crippen LogP contribution in [0.4, 0.5) is 18.0 Å². The SMILES string of the molecule is CC1CN(C(=O)OCc2ccccc2)CC=C1OS(=O)(=O)C(F)(F)F. The van der Waals surface area contributed by atoms with Gasteiger partial charge in [-0.15, -0.1) is 0 Å². The quantitative estimate of drug-likeness (QED) is 0.594. The lowest BCUT2D eigenvalue weighted by molar-refractivity contribution is -0.0529.